The second kappa shape index (κ2) is 4.82. The van der Waals surface area contributed by atoms with Gasteiger partial charge < -0.3 is 9.90 Å². The summed E-state index contributed by atoms with van der Waals surface area (Å²) in [6.45, 7) is 0. The van der Waals surface area contributed by atoms with E-state index in [1.54, 1.807) is 6.07 Å². The van der Waals surface area contributed by atoms with E-state index in [2.05, 4.69) is 4.18 Å². The monoisotopic (exact) mass is 263 g/mol. The molecule has 16 heavy (non-hydrogen) atoms. The molecule has 0 spiro atoms. The van der Waals surface area contributed by atoms with Crippen LogP contribution in [0, 0.1) is 0 Å². The summed E-state index contributed by atoms with van der Waals surface area (Å²) in [5.41, 5.74) is 0.0367. The van der Waals surface area contributed by atoms with Gasteiger partial charge >= 0.3 is 0 Å². The Morgan fingerprint density at radius 1 is 1.44 bits per heavy atom. The van der Waals surface area contributed by atoms with E-state index in [1.807, 2.05) is 0 Å². The van der Waals surface area contributed by atoms with Gasteiger partial charge in [-0.25, -0.2) is 0 Å². The Bertz CT molecular complexity index is 496. The highest BCUT2D eigenvalue weighted by atomic mass is 35.5. The fraction of sp³-hybridized carbons (Fsp3) is 0.222. The van der Waals surface area contributed by atoms with Gasteiger partial charge in [-0.05, 0) is 6.07 Å². The van der Waals surface area contributed by atoms with Gasteiger partial charge in [0.15, 0.2) is 0 Å². The molecule has 88 valence electrons. The number of aliphatic carboxylic acids is 1. The Morgan fingerprint density at radius 3 is 2.44 bits per heavy atom. The van der Waals surface area contributed by atoms with Crippen molar-refractivity contribution in [3.05, 3.63) is 34.9 Å². The highest BCUT2D eigenvalue weighted by molar-refractivity contribution is 7.86. The molecule has 0 saturated carbocycles. The molecule has 0 aromatic heterocycles. The Morgan fingerprint density at radius 2 is 2.00 bits per heavy atom. The largest absolute Gasteiger partial charge is 0.547 e. The molecule has 1 aromatic carbocycles. The van der Waals surface area contributed by atoms with E-state index in [1.165, 1.54) is 18.2 Å². The standard InChI is InChI=1S/C9H9ClO5S/c1-16(13,14)15-8(9(11)12)6-4-2-3-5-7(6)10/h2-5,8H,1H3,(H,11,12)/p-1/t8-/m1/s1. The van der Waals surface area contributed by atoms with E-state index in [0.717, 1.165) is 6.26 Å². The number of carbonyl (C=O) groups is 1. The lowest BCUT2D eigenvalue weighted by molar-refractivity contribution is -0.314. The summed E-state index contributed by atoms with van der Waals surface area (Å²) in [6, 6.07) is 5.88. The second-order valence-electron chi connectivity index (χ2n) is 3.02. The van der Waals surface area contributed by atoms with Crippen LogP contribution in [0.2, 0.25) is 5.02 Å². The maximum atomic E-state index is 10.9. The molecule has 0 amide bonds. The van der Waals surface area contributed by atoms with Crippen LogP contribution < -0.4 is 5.11 Å². The van der Waals surface area contributed by atoms with Gasteiger partial charge in [-0.3, -0.25) is 4.18 Å². The highest BCUT2D eigenvalue weighted by Crippen LogP contribution is 2.26. The summed E-state index contributed by atoms with van der Waals surface area (Å²) in [6.07, 6.45) is -0.983. The van der Waals surface area contributed by atoms with Crippen LogP contribution in [0.25, 0.3) is 0 Å². The van der Waals surface area contributed by atoms with Crippen molar-refractivity contribution in [2.45, 2.75) is 6.10 Å². The quantitative estimate of drug-likeness (QED) is 0.720. The van der Waals surface area contributed by atoms with Crippen LogP contribution in [0.5, 0.6) is 0 Å². The van der Waals surface area contributed by atoms with Gasteiger partial charge in [0, 0.05) is 10.6 Å². The first-order chi connectivity index (χ1) is 7.31. The molecule has 5 nitrogen and oxygen atoms in total. The molecule has 1 rings (SSSR count). The summed E-state index contributed by atoms with van der Waals surface area (Å²) < 4.78 is 26.1. The molecule has 0 saturated heterocycles. The number of hydrogen-bond acceptors (Lipinski definition) is 5. The van der Waals surface area contributed by atoms with Gasteiger partial charge in [0.05, 0.1) is 12.2 Å². The minimum absolute atomic E-state index is 0.0367. The first-order valence-electron chi connectivity index (χ1n) is 4.15. The van der Waals surface area contributed by atoms with Gasteiger partial charge in [0.2, 0.25) is 0 Å². The van der Waals surface area contributed by atoms with Crippen molar-refractivity contribution in [2.24, 2.45) is 0 Å². The van der Waals surface area contributed by atoms with E-state index >= 15 is 0 Å². The highest BCUT2D eigenvalue weighted by Gasteiger charge is 2.21. The molecule has 0 bridgehead atoms. The van der Waals surface area contributed by atoms with E-state index < -0.39 is 22.2 Å². The van der Waals surface area contributed by atoms with Crippen molar-refractivity contribution in [1.29, 1.82) is 0 Å². The van der Waals surface area contributed by atoms with Crippen molar-refractivity contribution >= 4 is 27.7 Å². The molecular weight excluding hydrogens is 256 g/mol. The summed E-state index contributed by atoms with van der Waals surface area (Å²) in [7, 11) is -3.91. The lowest BCUT2D eigenvalue weighted by Gasteiger charge is -2.18. The molecule has 1 atom stereocenters. The third kappa shape index (κ3) is 3.48. The van der Waals surface area contributed by atoms with Crippen molar-refractivity contribution in [3.63, 3.8) is 0 Å². The molecule has 0 aliphatic carbocycles. The summed E-state index contributed by atoms with van der Waals surface area (Å²) in [4.78, 5) is 10.8. The van der Waals surface area contributed by atoms with Crippen LogP contribution in [0.3, 0.4) is 0 Å². The summed E-state index contributed by atoms with van der Waals surface area (Å²) in [5.74, 6) is -1.67. The average Bonchev–Trinajstić information content (AvgIpc) is 2.13. The van der Waals surface area contributed by atoms with Gasteiger partial charge in [-0.1, -0.05) is 29.8 Å². The molecule has 1 aromatic rings. The average molecular weight is 264 g/mol. The van der Waals surface area contributed by atoms with Crippen LogP contribution >= 0.6 is 11.6 Å². The van der Waals surface area contributed by atoms with Crippen molar-refractivity contribution in [3.8, 4) is 0 Å². The predicted molar refractivity (Wildman–Crippen MR) is 55.1 cm³/mol. The maximum Gasteiger partial charge on any atom is 0.265 e. The number of carboxylic acid groups (broad SMARTS) is 1. The molecule has 0 radical (unpaired) electrons. The Balaban J connectivity index is 3.14. The minimum atomic E-state index is -3.91. The Kier molecular flexibility index (Phi) is 3.90. The number of halogens is 1. The molecule has 0 heterocycles. The molecule has 0 aliphatic heterocycles. The lowest BCUT2D eigenvalue weighted by atomic mass is 10.1. The number of carboxylic acids is 1. The zero-order chi connectivity index (χ0) is 12.3. The molecule has 0 unspecified atom stereocenters. The van der Waals surface area contributed by atoms with Crippen LogP contribution in [0.1, 0.15) is 11.7 Å². The molecule has 0 N–H and O–H groups in total. The van der Waals surface area contributed by atoms with E-state index in [9.17, 15) is 18.3 Å². The lowest BCUT2D eigenvalue weighted by Crippen LogP contribution is -2.32. The predicted octanol–water partition coefficient (Wildman–Crippen LogP) is 0.107. The SMILES string of the molecule is CS(=O)(=O)O[C@@H](C(=O)[O-])c1ccccc1Cl. The van der Waals surface area contributed by atoms with Crippen molar-refractivity contribution in [1.82, 2.24) is 0 Å². The smallest absolute Gasteiger partial charge is 0.265 e. The molecular formula is C9H8ClO5S-. The van der Waals surface area contributed by atoms with Crippen LogP contribution in [-0.4, -0.2) is 20.6 Å². The number of rotatable bonds is 4. The van der Waals surface area contributed by atoms with Crippen LogP contribution in [0.15, 0.2) is 24.3 Å². The zero-order valence-corrected chi connectivity index (χ0v) is 9.79. The molecule has 0 fully saturated rings. The first-order valence-corrected chi connectivity index (χ1v) is 6.34. The number of carbonyl (C=O) groups excluding carboxylic acids is 1. The van der Waals surface area contributed by atoms with E-state index in [-0.39, 0.29) is 10.6 Å². The fourth-order valence-electron chi connectivity index (χ4n) is 1.08. The Hall–Kier alpha value is -1.11. The van der Waals surface area contributed by atoms with Crippen LogP contribution in [0.4, 0.5) is 0 Å². The first kappa shape index (κ1) is 13.0. The van der Waals surface area contributed by atoms with Crippen LogP contribution in [-0.2, 0) is 19.1 Å². The van der Waals surface area contributed by atoms with Gasteiger partial charge in [-0.2, -0.15) is 8.42 Å². The van der Waals surface area contributed by atoms with Crippen molar-refractivity contribution < 1.29 is 22.5 Å². The van der Waals surface area contributed by atoms with Gasteiger partial charge in [-0.15, -0.1) is 0 Å². The third-order valence-corrected chi connectivity index (χ3v) is 2.56. The maximum absolute atomic E-state index is 10.9. The number of hydrogen-bond donors (Lipinski definition) is 0. The second-order valence-corrected chi connectivity index (χ2v) is 5.03. The number of benzene rings is 1. The third-order valence-electron chi connectivity index (χ3n) is 1.67. The molecule has 0 aliphatic rings. The van der Waals surface area contributed by atoms with E-state index in [4.69, 9.17) is 11.6 Å². The topological polar surface area (TPSA) is 83.5 Å². The zero-order valence-electron chi connectivity index (χ0n) is 8.21. The van der Waals surface area contributed by atoms with E-state index in [0.29, 0.717) is 0 Å². The van der Waals surface area contributed by atoms with Gasteiger partial charge in [0.25, 0.3) is 10.1 Å². The van der Waals surface area contributed by atoms with Crippen molar-refractivity contribution in [2.75, 3.05) is 6.26 Å². The summed E-state index contributed by atoms with van der Waals surface area (Å²) in [5, 5.41) is 10.9. The minimum Gasteiger partial charge on any atom is -0.547 e. The fourth-order valence-corrected chi connectivity index (χ4v) is 1.85. The normalized spacial score (nSPS) is 13.4. The summed E-state index contributed by atoms with van der Waals surface area (Å²) >= 11 is 5.73. The molecule has 7 heteroatoms. The van der Waals surface area contributed by atoms with Gasteiger partial charge in [0.1, 0.15) is 6.10 Å². The Labute approximate surface area is 97.7 Å².